The first kappa shape index (κ1) is 32.0. The number of benzene rings is 3. The highest BCUT2D eigenvalue weighted by Crippen LogP contribution is 2.29. The zero-order chi connectivity index (χ0) is 30.3. The molecule has 8 nitrogen and oxygen atoms in total. The summed E-state index contributed by atoms with van der Waals surface area (Å²) in [5.74, 6) is -0.279. The highest BCUT2D eigenvalue weighted by Gasteiger charge is 2.33. The van der Waals surface area contributed by atoms with E-state index in [0.29, 0.717) is 10.8 Å². The lowest BCUT2D eigenvalue weighted by atomic mass is 10.1. The molecule has 0 aliphatic carbocycles. The molecule has 0 heterocycles. The van der Waals surface area contributed by atoms with Crippen LogP contribution in [-0.4, -0.2) is 50.9 Å². The molecule has 2 amide bonds. The Morgan fingerprint density at radius 3 is 2.29 bits per heavy atom. The van der Waals surface area contributed by atoms with E-state index < -0.39 is 28.5 Å². The van der Waals surface area contributed by atoms with E-state index in [2.05, 4.69) is 5.32 Å². The Balaban J connectivity index is 2.06. The number of anilines is 1. The summed E-state index contributed by atoms with van der Waals surface area (Å²) in [6.07, 6.45) is 0.721. The molecule has 0 bridgehead atoms. The number of nitrogens with one attached hydrogen (secondary N) is 1. The lowest BCUT2D eigenvalue weighted by molar-refractivity contribution is -0.139. The van der Waals surface area contributed by atoms with Gasteiger partial charge in [0.1, 0.15) is 18.3 Å². The lowest BCUT2D eigenvalue weighted by Gasteiger charge is -2.32. The summed E-state index contributed by atoms with van der Waals surface area (Å²) in [5.41, 5.74) is 2.64. The van der Waals surface area contributed by atoms with Crippen molar-refractivity contribution in [2.45, 2.75) is 64.6 Å². The van der Waals surface area contributed by atoms with E-state index in [4.69, 9.17) is 16.3 Å². The van der Waals surface area contributed by atoms with E-state index in [1.807, 2.05) is 33.8 Å². The Bertz CT molecular complexity index is 1480. The number of nitrogens with zero attached hydrogens (tertiary/aromatic N) is 2. The summed E-state index contributed by atoms with van der Waals surface area (Å²) < 4.78 is 34.3. The molecule has 41 heavy (non-hydrogen) atoms. The van der Waals surface area contributed by atoms with Gasteiger partial charge in [-0.2, -0.15) is 0 Å². The van der Waals surface area contributed by atoms with Gasteiger partial charge in [0, 0.05) is 17.6 Å². The summed E-state index contributed by atoms with van der Waals surface area (Å²) in [7, 11) is -2.63. The van der Waals surface area contributed by atoms with Gasteiger partial charge in [0.25, 0.3) is 10.0 Å². The van der Waals surface area contributed by atoms with Gasteiger partial charge in [-0.05, 0) is 81.6 Å². The lowest BCUT2D eigenvalue weighted by Crippen LogP contribution is -2.52. The van der Waals surface area contributed by atoms with Crippen molar-refractivity contribution in [2.75, 3.05) is 18.0 Å². The average Bonchev–Trinajstić information content (AvgIpc) is 2.95. The normalized spacial score (nSPS) is 12.8. The van der Waals surface area contributed by atoms with Crippen molar-refractivity contribution >= 4 is 39.1 Å². The number of methoxy groups -OCH3 is 1. The van der Waals surface area contributed by atoms with Gasteiger partial charge in [0.15, 0.2) is 0 Å². The Morgan fingerprint density at radius 2 is 1.68 bits per heavy atom. The van der Waals surface area contributed by atoms with Crippen LogP contribution in [0, 0.1) is 13.8 Å². The third-order valence-electron chi connectivity index (χ3n) is 6.99. The second-order valence-electron chi connectivity index (χ2n) is 10.1. The fourth-order valence-corrected chi connectivity index (χ4v) is 5.70. The van der Waals surface area contributed by atoms with Crippen molar-refractivity contribution < 1.29 is 22.7 Å². The van der Waals surface area contributed by atoms with Crippen molar-refractivity contribution in [1.29, 1.82) is 0 Å². The van der Waals surface area contributed by atoms with E-state index >= 15 is 0 Å². The van der Waals surface area contributed by atoms with Crippen LogP contribution in [0.3, 0.4) is 0 Å². The Labute approximate surface area is 248 Å². The molecular weight excluding hydrogens is 562 g/mol. The van der Waals surface area contributed by atoms with Crippen LogP contribution in [0.2, 0.25) is 5.02 Å². The molecule has 3 rings (SSSR count). The van der Waals surface area contributed by atoms with Crippen molar-refractivity contribution in [3.8, 4) is 5.75 Å². The summed E-state index contributed by atoms with van der Waals surface area (Å²) in [5, 5.41) is 3.30. The van der Waals surface area contributed by atoms with Crippen LogP contribution in [0.15, 0.2) is 71.6 Å². The van der Waals surface area contributed by atoms with E-state index in [1.54, 1.807) is 56.5 Å². The van der Waals surface area contributed by atoms with Crippen molar-refractivity contribution in [3.05, 3.63) is 88.4 Å². The Hall–Kier alpha value is -3.56. The van der Waals surface area contributed by atoms with Crippen LogP contribution in [0.25, 0.3) is 0 Å². The third-order valence-corrected chi connectivity index (χ3v) is 9.18. The summed E-state index contributed by atoms with van der Waals surface area (Å²) >= 11 is 6.38. The number of carbonyl (C=O) groups is 2. The standard InChI is InChI=1S/C31H38ClN3O5S/c1-7-23(4)33-31(37)24(5)34(19-25-9-8-10-27(17-25)40-6)30(36)20-35(26-14-13-22(3)29(32)18-26)41(38,39)28-15-11-21(2)12-16-28/h8-18,23-24H,7,19-20H2,1-6H3,(H,33,37)/t23-,24+/m0/s1. The minimum atomic E-state index is -4.17. The van der Waals surface area contributed by atoms with Gasteiger partial charge in [-0.1, -0.05) is 54.4 Å². The molecule has 0 aliphatic rings. The average molecular weight is 600 g/mol. The van der Waals surface area contributed by atoms with E-state index in [0.717, 1.165) is 27.4 Å². The number of rotatable bonds is 12. The summed E-state index contributed by atoms with van der Waals surface area (Å²) in [6, 6.07) is 17.5. The second-order valence-corrected chi connectivity index (χ2v) is 12.4. The molecular formula is C31H38ClN3O5S. The molecule has 0 fully saturated rings. The van der Waals surface area contributed by atoms with Gasteiger partial charge >= 0.3 is 0 Å². The number of amides is 2. The van der Waals surface area contributed by atoms with Crippen molar-refractivity contribution in [2.24, 2.45) is 0 Å². The first-order chi connectivity index (χ1) is 19.4. The Kier molecular flexibility index (Phi) is 10.8. The molecule has 3 aromatic rings. The maximum atomic E-state index is 14.0. The van der Waals surface area contributed by atoms with E-state index in [-0.39, 0.29) is 29.1 Å². The highest BCUT2D eigenvalue weighted by atomic mass is 35.5. The van der Waals surface area contributed by atoms with Crippen LogP contribution < -0.4 is 14.4 Å². The Morgan fingerprint density at radius 1 is 1.00 bits per heavy atom. The van der Waals surface area contributed by atoms with Crippen LogP contribution in [0.1, 0.15) is 43.9 Å². The fourth-order valence-electron chi connectivity index (χ4n) is 4.12. The van der Waals surface area contributed by atoms with Gasteiger partial charge in [0.05, 0.1) is 17.7 Å². The molecule has 1 N–H and O–H groups in total. The second kappa shape index (κ2) is 13.9. The molecule has 220 valence electrons. The van der Waals surface area contributed by atoms with Gasteiger partial charge in [-0.3, -0.25) is 13.9 Å². The SMILES string of the molecule is CC[C@H](C)NC(=O)[C@@H](C)N(Cc1cccc(OC)c1)C(=O)CN(c1ccc(C)c(Cl)c1)S(=O)(=O)c1ccc(C)cc1. The largest absolute Gasteiger partial charge is 0.497 e. The van der Waals surface area contributed by atoms with Gasteiger partial charge in [-0.25, -0.2) is 8.42 Å². The zero-order valence-corrected chi connectivity index (χ0v) is 25.9. The predicted octanol–water partition coefficient (Wildman–Crippen LogP) is 5.49. The number of hydrogen-bond donors (Lipinski definition) is 1. The van der Waals surface area contributed by atoms with E-state index in [9.17, 15) is 18.0 Å². The first-order valence-electron chi connectivity index (χ1n) is 13.5. The molecule has 0 saturated heterocycles. The number of aryl methyl sites for hydroxylation is 2. The quantitative estimate of drug-likeness (QED) is 0.297. The molecule has 3 aromatic carbocycles. The van der Waals surface area contributed by atoms with Crippen LogP contribution in [0.5, 0.6) is 5.75 Å². The topological polar surface area (TPSA) is 96.0 Å². The molecule has 0 aliphatic heterocycles. The molecule has 0 radical (unpaired) electrons. The number of ether oxygens (including phenoxy) is 1. The smallest absolute Gasteiger partial charge is 0.264 e. The molecule has 0 spiro atoms. The highest BCUT2D eigenvalue weighted by molar-refractivity contribution is 7.92. The minimum absolute atomic E-state index is 0.0366. The maximum Gasteiger partial charge on any atom is 0.264 e. The summed E-state index contributed by atoms with van der Waals surface area (Å²) in [4.78, 5) is 28.7. The molecule has 0 unspecified atom stereocenters. The number of carbonyl (C=O) groups excluding carboxylic acids is 2. The van der Waals surface area contributed by atoms with Gasteiger partial charge < -0.3 is 15.0 Å². The van der Waals surface area contributed by atoms with Crippen molar-refractivity contribution in [1.82, 2.24) is 10.2 Å². The number of hydrogen-bond acceptors (Lipinski definition) is 5. The van der Waals surface area contributed by atoms with Gasteiger partial charge in [0.2, 0.25) is 11.8 Å². The fraction of sp³-hybridized carbons (Fsp3) is 0.355. The third kappa shape index (κ3) is 8.01. The number of sulfonamides is 1. The maximum absolute atomic E-state index is 14.0. The van der Waals surface area contributed by atoms with Gasteiger partial charge in [-0.15, -0.1) is 0 Å². The van der Waals surface area contributed by atoms with Crippen molar-refractivity contribution in [3.63, 3.8) is 0 Å². The van der Waals surface area contributed by atoms with E-state index in [1.165, 1.54) is 23.1 Å². The molecule has 0 saturated carbocycles. The minimum Gasteiger partial charge on any atom is -0.497 e. The van der Waals surface area contributed by atoms with Crippen LogP contribution in [0.4, 0.5) is 5.69 Å². The zero-order valence-electron chi connectivity index (χ0n) is 24.3. The molecule has 10 heteroatoms. The van der Waals surface area contributed by atoms with Crippen LogP contribution in [-0.2, 0) is 26.2 Å². The molecule has 2 atom stereocenters. The predicted molar refractivity (Wildman–Crippen MR) is 163 cm³/mol. The summed E-state index contributed by atoms with van der Waals surface area (Å²) in [6.45, 7) is 8.67. The van der Waals surface area contributed by atoms with Crippen LogP contribution >= 0.6 is 11.6 Å². The first-order valence-corrected chi connectivity index (χ1v) is 15.3. The number of halogens is 1. The monoisotopic (exact) mass is 599 g/mol. The molecule has 0 aromatic heterocycles.